The van der Waals surface area contributed by atoms with Gasteiger partial charge in [-0.1, -0.05) is 11.6 Å². The van der Waals surface area contributed by atoms with Gasteiger partial charge < -0.3 is 9.64 Å². The van der Waals surface area contributed by atoms with Crippen molar-refractivity contribution in [2.24, 2.45) is 17.8 Å². The molecule has 3 aliphatic rings. The molecule has 0 unspecified atom stereocenters. The second kappa shape index (κ2) is 8.65. The summed E-state index contributed by atoms with van der Waals surface area (Å²) < 4.78 is 31.6. The first-order valence-corrected chi connectivity index (χ1v) is 12.6. The summed E-state index contributed by atoms with van der Waals surface area (Å²) in [6.07, 6.45) is 8.18. The van der Waals surface area contributed by atoms with Gasteiger partial charge in [0.2, 0.25) is 16.0 Å². The van der Waals surface area contributed by atoms with Gasteiger partial charge in [-0.3, -0.25) is 0 Å². The van der Waals surface area contributed by atoms with Crippen molar-refractivity contribution in [3.63, 3.8) is 0 Å². The van der Waals surface area contributed by atoms with E-state index in [4.69, 9.17) is 16.3 Å². The second-order valence-electron chi connectivity index (χ2n) is 8.88. The van der Waals surface area contributed by atoms with Gasteiger partial charge in [0.1, 0.15) is 0 Å². The molecule has 2 saturated heterocycles. The van der Waals surface area contributed by atoms with E-state index in [1.165, 1.54) is 19.3 Å². The molecule has 0 bridgehead atoms. The van der Waals surface area contributed by atoms with Crippen LogP contribution in [0.1, 0.15) is 39.5 Å². The van der Waals surface area contributed by atoms with Gasteiger partial charge in [-0.15, -0.1) is 0 Å². The van der Waals surface area contributed by atoms with E-state index in [0.29, 0.717) is 18.1 Å². The lowest BCUT2D eigenvalue weighted by Gasteiger charge is -2.38. The Morgan fingerprint density at radius 3 is 2.48 bits per heavy atom. The van der Waals surface area contributed by atoms with Crippen LogP contribution in [0, 0.1) is 17.8 Å². The normalized spacial score (nSPS) is 26.7. The molecule has 3 fully saturated rings. The first kappa shape index (κ1) is 21.3. The number of rotatable bonds is 8. The van der Waals surface area contributed by atoms with Crippen molar-refractivity contribution in [2.75, 3.05) is 37.7 Å². The summed E-state index contributed by atoms with van der Waals surface area (Å²) in [5, 5.41) is 0.219. The molecule has 2 aliphatic heterocycles. The fourth-order valence-corrected chi connectivity index (χ4v) is 6.02. The zero-order chi connectivity index (χ0) is 20.6. The summed E-state index contributed by atoms with van der Waals surface area (Å²) in [6, 6.07) is 0. The molecule has 4 rings (SSSR count). The molecule has 3 heterocycles. The second-order valence-corrected chi connectivity index (χ2v) is 11.8. The Morgan fingerprint density at radius 2 is 1.86 bits per heavy atom. The maximum Gasteiger partial charge on any atom is 0.225 e. The number of hydrogen-bond acceptors (Lipinski definition) is 6. The zero-order valence-corrected chi connectivity index (χ0v) is 18.8. The van der Waals surface area contributed by atoms with E-state index in [0.717, 1.165) is 49.8 Å². The van der Waals surface area contributed by atoms with Gasteiger partial charge in [0.05, 0.1) is 28.8 Å². The van der Waals surface area contributed by atoms with Crippen LogP contribution in [0.25, 0.3) is 0 Å². The van der Waals surface area contributed by atoms with Crippen LogP contribution in [0.2, 0.25) is 5.02 Å². The van der Waals surface area contributed by atoms with Gasteiger partial charge in [0.25, 0.3) is 0 Å². The fourth-order valence-electron chi connectivity index (χ4n) is 4.57. The van der Waals surface area contributed by atoms with Crippen molar-refractivity contribution in [2.45, 2.75) is 50.9 Å². The van der Waals surface area contributed by atoms with E-state index in [2.05, 4.69) is 14.9 Å². The molecule has 0 radical (unpaired) electrons. The molecule has 29 heavy (non-hydrogen) atoms. The van der Waals surface area contributed by atoms with E-state index >= 15 is 0 Å². The average Bonchev–Trinajstić information content (AvgIpc) is 3.43. The van der Waals surface area contributed by atoms with Crippen LogP contribution in [-0.4, -0.2) is 66.8 Å². The number of hydrogen-bond donors (Lipinski definition) is 0. The van der Waals surface area contributed by atoms with Crippen molar-refractivity contribution < 1.29 is 13.2 Å². The highest BCUT2D eigenvalue weighted by Crippen LogP contribution is 2.50. The standard InChI is InChI=1S/C20H31ClN4O3S/c1-14(2)29(26,27)25-12-18(13-25)28-8-5-16-9-19(16)15-3-6-24(7-4-15)20-22-10-17(21)11-23-20/h10-11,14-16,18-19H,3-9,12-13H2,1-2H3/t16-,19-/m1/s1. The number of halogens is 1. The molecule has 7 nitrogen and oxygen atoms in total. The average molecular weight is 443 g/mol. The van der Waals surface area contributed by atoms with Crippen LogP contribution in [0.3, 0.4) is 0 Å². The van der Waals surface area contributed by atoms with Crippen LogP contribution in [0.15, 0.2) is 12.4 Å². The maximum absolute atomic E-state index is 12.1. The third-order valence-corrected chi connectivity index (χ3v) is 9.03. The highest BCUT2D eigenvalue weighted by Gasteiger charge is 2.44. The van der Waals surface area contributed by atoms with Crippen LogP contribution in [0.5, 0.6) is 0 Å². The van der Waals surface area contributed by atoms with Crippen LogP contribution in [-0.2, 0) is 14.8 Å². The molecule has 9 heteroatoms. The molecule has 0 N–H and O–H groups in total. The largest absolute Gasteiger partial charge is 0.375 e. The minimum absolute atomic E-state index is 0.0725. The number of aromatic nitrogens is 2. The molecule has 2 atom stereocenters. The number of sulfonamides is 1. The molecule has 1 saturated carbocycles. The lowest BCUT2D eigenvalue weighted by molar-refractivity contribution is -0.0228. The molecule has 0 aromatic carbocycles. The fraction of sp³-hybridized carbons (Fsp3) is 0.800. The van der Waals surface area contributed by atoms with Gasteiger partial charge in [-0.2, -0.15) is 4.31 Å². The maximum atomic E-state index is 12.1. The van der Waals surface area contributed by atoms with E-state index in [1.807, 2.05) is 0 Å². The smallest absolute Gasteiger partial charge is 0.225 e. The Labute approximate surface area is 178 Å². The summed E-state index contributed by atoms with van der Waals surface area (Å²) in [4.78, 5) is 10.9. The molecular formula is C20H31ClN4O3S. The molecule has 0 spiro atoms. The molecule has 0 amide bonds. The van der Waals surface area contributed by atoms with Crippen LogP contribution < -0.4 is 4.90 Å². The highest BCUT2D eigenvalue weighted by atomic mass is 35.5. The number of ether oxygens (including phenoxy) is 1. The molecule has 162 valence electrons. The minimum Gasteiger partial charge on any atom is -0.375 e. The third-order valence-electron chi connectivity index (χ3n) is 6.62. The van der Waals surface area contributed by atoms with Gasteiger partial charge in [0, 0.05) is 32.8 Å². The summed E-state index contributed by atoms with van der Waals surface area (Å²) >= 11 is 5.87. The van der Waals surface area contributed by atoms with E-state index in [9.17, 15) is 8.42 Å². The zero-order valence-electron chi connectivity index (χ0n) is 17.2. The highest BCUT2D eigenvalue weighted by molar-refractivity contribution is 7.89. The first-order chi connectivity index (χ1) is 13.8. The first-order valence-electron chi connectivity index (χ1n) is 10.7. The summed E-state index contributed by atoms with van der Waals surface area (Å²) in [5.41, 5.74) is 0. The van der Waals surface area contributed by atoms with Crippen molar-refractivity contribution in [3.05, 3.63) is 17.4 Å². The minimum atomic E-state index is -3.12. The topological polar surface area (TPSA) is 75.6 Å². The predicted octanol–water partition coefficient (Wildman–Crippen LogP) is 2.81. The lowest BCUT2D eigenvalue weighted by Crippen LogP contribution is -2.56. The Morgan fingerprint density at radius 1 is 1.21 bits per heavy atom. The van der Waals surface area contributed by atoms with Crippen molar-refractivity contribution in [1.29, 1.82) is 0 Å². The molecule has 1 aromatic heterocycles. The Hall–Kier alpha value is -0.960. The molecule has 1 aromatic rings. The third kappa shape index (κ3) is 4.86. The van der Waals surface area contributed by atoms with Crippen LogP contribution in [0.4, 0.5) is 5.95 Å². The SMILES string of the molecule is CC(C)S(=O)(=O)N1CC(OCC[C@@H]2C[C@@H]2C2CCN(c3ncc(Cl)cn3)CC2)C1. The van der Waals surface area contributed by atoms with Crippen molar-refractivity contribution in [1.82, 2.24) is 14.3 Å². The Kier molecular flexibility index (Phi) is 6.35. The lowest BCUT2D eigenvalue weighted by atomic mass is 9.90. The number of nitrogens with zero attached hydrogens (tertiary/aromatic N) is 4. The Bertz CT molecular complexity index is 790. The van der Waals surface area contributed by atoms with Crippen molar-refractivity contribution >= 4 is 27.6 Å². The molecular weight excluding hydrogens is 412 g/mol. The summed E-state index contributed by atoms with van der Waals surface area (Å²) in [5.74, 6) is 3.17. The van der Waals surface area contributed by atoms with Gasteiger partial charge in [-0.25, -0.2) is 18.4 Å². The van der Waals surface area contributed by atoms with Crippen LogP contribution >= 0.6 is 11.6 Å². The monoisotopic (exact) mass is 442 g/mol. The number of anilines is 1. The van der Waals surface area contributed by atoms with Crippen molar-refractivity contribution in [3.8, 4) is 0 Å². The summed E-state index contributed by atoms with van der Waals surface area (Å²) in [7, 11) is -3.12. The molecule has 1 aliphatic carbocycles. The summed E-state index contributed by atoms with van der Waals surface area (Å²) in [6.45, 7) is 7.24. The van der Waals surface area contributed by atoms with Gasteiger partial charge in [-0.05, 0) is 57.3 Å². The van der Waals surface area contributed by atoms with Gasteiger partial charge >= 0.3 is 0 Å². The van der Waals surface area contributed by atoms with E-state index < -0.39 is 10.0 Å². The Balaban J connectivity index is 1.11. The van der Waals surface area contributed by atoms with Gasteiger partial charge in [0.15, 0.2) is 0 Å². The predicted molar refractivity (Wildman–Crippen MR) is 114 cm³/mol. The quantitative estimate of drug-likeness (QED) is 0.616. The van der Waals surface area contributed by atoms with E-state index in [1.54, 1.807) is 30.5 Å². The number of piperidine rings is 1. The van der Waals surface area contributed by atoms with E-state index in [-0.39, 0.29) is 11.4 Å².